The molecule has 2 aromatic rings. The second kappa shape index (κ2) is 6.50. The summed E-state index contributed by atoms with van der Waals surface area (Å²) in [6, 6.07) is 16.8. The number of aryl methyl sites for hydroxylation is 1. The Balaban J connectivity index is 1.59. The van der Waals surface area contributed by atoms with Crippen LogP contribution in [0.2, 0.25) is 5.02 Å². The molecule has 21 heavy (non-hydrogen) atoms. The molecule has 0 aliphatic carbocycles. The summed E-state index contributed by atoms with van der Waals surface area (Å²) in [4.78, 5) is 4.95. The molecule has 1 heterocycles. The SMILES string of the molecule is Cc1ccccc1CN1CCN(c2cccc(Cl)c2)CC1. The molecule has 2 aromatic carbocycles. The number of hydrogen-bond donors (Lipinski definition) is 0. The summed E-state index contributed by atoms with van der Waals surface area (Å²) in [7, 11) is 0. The van der Waals surface area contributed by atoms with Crippen LogP contribution >= 0.6 is 11.6 Å². The fourth-order valence-corrected chi connectivity index (χ4v) is 3.05. The number of rotatable bonds is 3. The van der Waals surface area contributed by atoms with Crippen molar-refractivity contribution in [3.05, 3.63) is 64.7 Å². The van der Waals surface area contributed by atoms with Gasteiger partial charge in [-0.25, -0.2) is 0 Å². The maximum absolute atomic E-state index is 6.08. The highest BCUT2D eigenvalue weighted by molar-refractivity contribution is 6.30. The third kappa shape index (κ3) is 3.58. The average Bonchev–Trinajstić information content (AvgIpc) is 2.50. The van der Waals surface area contributed by atoms with E-state index in [0.29, 0.717) is 0 Å². The summed E-state index contributed by atoms with van der Waals surface area (Å²) in [5.41, 5.74) is 4.06. The molecule has 0 aromatic heterocycles. The quantitative estimate of drug-likeness (QED) is 0.846. The monoisotopic (exact) mass is 300 g/mol. The van der Waals surface area contributed by atoms with E-state index in [1.807, 2.05) is 12.1 Å². The lowest BCUT2D eigenvalue weighted by Gasteiger charge is -2.36. The molecule has 0 saturated carbocycles. The van der Waals surface area contributed by atoms with Crippen LogP contribution < -0.4 is 4.90 Å². The standard InChI is InChI=1S/C18H21ClN2/c1-15-5-2-3-6-16(15)14-20-9-11-21(12-10-20)18-8-4-7-17(19)13-18/h2-8,13H,9-12,14H2,1H3. The van der Waals surface area contributed by atoms with Crippen LogP contribution in [0.5, 0.6) is 0 Å². The van der Waals surface area contributed by atoms with Crippen molar-refractivity contribution in [2.24, 2.45) is 0 Å². The predicted octanol–water partition coefficient (Wildman–Crippen LogP) is 3.97. The van der Waals surface area contributed by atoms with Crippen LogP contribution in [0.3, 0.4) is 0 Å². The maximum atomic E-state index is 6.08. The number of piperazine rings is 1. The number of benzene rings is 2. The van der Waals surface area contributed by atoms with Crippen molar-refractivity contribution in [2.45, 2.75) is 13.5 Å². The van der Waals surface area contributed by atoms with E-state index in [9.17, 15) is 0 Å². The minimum absolute atomic E-state index is 0.815. The molecule has 3 heteroatoms. The van der Waals surface area contributed by atoms with E-state index in [0.717, 1.165) is 37.7 Å². The van der Waals surface area contributed by atoms with Gasteiger partial charge in [0.2, 0.25) is 0 Å². The summed E-state index contributed by atoms with van der Waals surface area (Å²) >= 11 is 6.08. The summed E-state index contributed by atoms with van der Waals surface area (Å²) in [6.07, 6.45) is 0. The van der Waals surface area contributed by atoms with Gasteiger partial charge in [0.1, 0.15) is 0 Å². The number of halogens is 1. The van der Waals surface area contributed by atoms with E-state index in [-0.39, 0.29) is 0 Å². The molecule has 0 radical (unpaired) electrons. The van der Waals surface area contributed by atoms with Gasteiger partial charge in [-0.05, 0) is 36.2 Å². The van der Waals surface area contributed by atoms with Gasteiger partial charge in [0, 0.05) is 43.4 Å². The van der Waals surface area contributed by atoms with Gasteiger partial charge in [0.05, 0.1) is 0 Å². The molecule has 110 valence electrons. The van der Waals surface area contributed by atoms with Gasteiger partial charge in [0.25, 0.3) is 0 Å². The van der Waals surface area contributed by atoms with Crippen molar-refractivity contribution in [3.63, 3.8) is 0 Å². The number of hydrogen-bond acceptors (Lipinski definition) is 2. The first-order valence-electron chi connectivity index (χ1n) is 7.50. The smallest absolute Gasteiger partial charge is 0.0426 e. The Bertz CT molecular complexity index is 604. The summed E-state index contributed by atoms with van der Waals surface area (Å²) < 4.78 is 0. The molecule has 2 nitrogen and oxygen atoms in total. The number of nitrogens with zero attached hydrogens (tertiary/aromatic N) is 2. The molecule has 1 saturated heterocycles. The zero-order valence-corrected chi connectivity index (χ0v) is 13.2. The highest BCUT2D eigenvalue weighted by atomic mass is 35.5. The second-order valence-electron chi connectivity index (χ2n) is 5.67. The Morgan fingerprint density at radius 3 is 2.43 bits per heavy atom. The van der Waals surface area contributed by atoms with Crippen LogP contribution in [0.1, 0.15) is 11.1 Å². The topological polar surface area (TPSA) is 6.48 Å². The highest BCUT2D eigenvalue weighted by Gasteiger charge is 2.17. The van der Waals surface area contributed by atoms with E-state index in [4.69, 9.17) is 11.6 Å². The van der Waals surface area contributed by atoms with E-state index >= 15 is 0 Å². The van der Waals surface area contributed by atoms with Crippen molar-refractivity contribution < 1.29 is 0 Å². The van der Waals surface area contributed by atoms with Gasteiger partial charge in [-0.2, -0.15) is 0 Å². The van der Waals surface area contributed by atoms with Crippen LogP contribution in [0, 0.1) is 6.92 Å². The highest BCUT2D eigenvalue weighted by Crippen LogP contribution is 2.21. The summed E-state index contributed by atoms with van der Waals surface area (Å²) in [5, 5.41) is 0.815. The third-order valence-corrected chi connectivity index (χ3v) is 4.44. The zero-order chi connectivity index (χ0) is 14.7. The van der Waals surface area contributed by atoms with E-state index in [2.05, 4.69) is 53.1 Å². The van der Waals surface area contributed by atoms with Gasteiger partial charge < -0.3 is 4.90 Å². The summed E-state index contributed by atoms with van der Waals surface area (Å²) in [5.74, 6) is 0. The van der Waals surface area contributed by atoms with Crippen molar-refractivity contribution in [1.82, 2.24) is 4.90 Å². The van der Waals surface area contributed by atoms with Gasteiger partial charge in [-0.15, -0.1) is 0 Å². The molecule has 0 atom stereocenters. The summed E-state index contributed by atoms with van der Waals surface area (Å²) in [6.45, 7) is 7.56. The van der Waals surface area contributed by atoms with Gasteiger partial charge in [-0.1, -0.05) is 41.9 Å². The molecule has 0 N–H and O–H groups in total. The third-order valence-electron chi connectivity index (χ3n) is 4.20. The van der Waals surface area contributed by atoms with Crippen LogP contribution in [0.15, 0.2) is 48.5 Å². The molecule has 1 aliphatic heterocycles. The molecule has 3 rings (SSSR count). The van der Waals surface area contributed by atoms with Gasteiger partial charge >= 0.3 is 0 Å². The Morgan fingerprint density at radius 1 is 0.952 bits per heavy atom. The molecular formula is C18H21ClN2. The Hall–Kier alpha value is -1.51. The van der Waals surface area contributed by atoms with E-state index in [1.54, 1.807) is 0 Å². The lowest BCUT2D eigenvalue weighted by Crippen LogP contribution is -2.46. The fraction of sp³-hybridized carbons (Fsp3) is 0.333. The maximum Gasteiger partial charge on any atom is 0.0426 e. The lowest BCUT2D eigenvalue weighted by molar-refractivity contribution is 0.249. The van der Waals surface area contributed by atoms with Crippen molar-refractivity contribution in [2.75, 3.05) is 31.1 Å². The zero-order valence-electron chi connectivity index (χ0n) is 12.4. The lowest BCUT2D eigenvalue weighted by atomic mass is 10.1. The van der Waals surface area contributed by atoms with E-state index in [1.165, 1.54) is 16.8 Å². The van der Waals surface area contributed by atoms with Gasteiger partial charge in [-0.3, -0.25) is 4.90 Å². The molecular weight excluding hydrogens is 280 g/mol. The van der Waals surface area contributed by atoms with E-state index < -0.39 is 0 Å². The minimum Gasteiger partial charge on any atom is -0.369 e. The van der Waals surface area contributed by atoms with Crippen LogP contribution in [-0.2, 0) is 6.54 Å². The largest absolute Gasteiger partial charge is 0.369 e. The number of anilines is 1. The van der Waals surface area contributed by atoms with Crippen molar-refractivity contribution in [3.8, 4) is 0 Å². The second-order valence-corrected chi connectivity index (χ2v) is 6.11. The normalized spacial score (nSPS) is 16.2. The first-order valence-corrected chi connectivity index (χ1v) is 7.87. The van der Waals surface area contributed by atoms with Crippen molar-refractivity contribution in [1.29, 1.82) is 0 Å². The molecule has 0 amide bonds. The van der Waals surface area contributed by atoms with Crippen LogP contribution in [-0.4, -0.2) is 31.1 Å². The molecule has 0 unspecified atom stereocenters. The first kappa shape index (κ1) is 14.4. The van der Waals surface area contributed by atoms with Crippen molar-refractivity contribution >= 4 is 17.3 Å². The van der Waals surface area contributed by atoms with Crippen LogP contribution in [0.4, 0.5) is 5.69 Å². The van der Waals surface area contributed by atoms with Crippen LogP contribution in [0.25, 0.3) is 0 Å². The molecule has 1 aliphatic rings. The van der Waals surface area contributed by atoms with Gasteiger partial charge in [0.15, 0.2) is 0 Å². The Kier molecular flexibility index (Phi) is 4.47. The Labute approximate surface area is 131 Å². The fourth-order valence-electron chi connectivity index (χ4n) is 2.87. The molecule has 0 bridgehead atoms. The molecule has 1 fully saturated rings. The average molecular weight is 301 g/mol. The molecule has 0 spiro atoms. The minimum atomic E-state index is 0.815. The predicted molar refractivity (Wildman–Crippen MR) is 90.1 cm³/mol. The first-order chi connectivity index (χ1) is 10.2. The Morgan fingerprint density at radius 2 is 1.71 bits per heavy atom.